The van der Waals surface area contributed by atoms with Gasteiger partial charge in [0.2, 0.25) is 0 Å². The molecule has 18 aromatic rings. The lowest BCUT2D eigenvalue weighted by atomic mass is 9.81. The SMILES string of the molecule is CC1(C)c2ccc(-c3ccc(-c4c5ccccc5c(-c5cccc6ccccc56)c5ccccc45)cc3)cc2-c2cc3ccccc3cc21.CC1(C)c2ccc(Br)cc2-c2cc3ccccc3cc21.O[B]Oc1ccc(-c2c3ccccc3c(-c3cccc4ccccc34)c3ccccc23)cc1. The van der Waals surface area contributed by atoms with Crippen LogP contribution in [0.3, 0.4) is 0 Å². The molecular weight excluding hydrogens is 1300 g/mol. The molecule has 0 aromatic heterocycles. The van der Waals surface area contributed by atoms with E-state index in [0.717, 1.165) is 10.0 Å². The monoisotopic (exact) mass is 1370 g/mol. The van der Waals surface area contributed by atoms with Gasteiger partial charge in [0.15, 0.2) is 0 Å². The van der Waals surface area contributed by atoms with E-state index in [2.05, 4.69) is 359 Å². The van der Waals surface area contributed by atoms with Crippen LogP contribution in [0.15, 0.2) is 344 Å². The van der Waals surface area contributed by atoms with Gasteiger partial charge in [-0.1, -0.05) is 329 Å². The molecule has 0 bridgehead atoms. The van der Waals surface area contributed by atoms with Crippen LogP contribution in [-0.4, -0.2) is 12.7 Å². The maximum atomic E-state index is 8.96. The van der Waals surface area contributed by atoms with E-state index in [-0.39, 0.29) is 10.8 Å². The van der Waals surface area contributed by atoms with Gasteiger partial charge in [-0.15, -0.1) is 0 Å². The highest BCUT2D eigenvalue weighted by Crippen LogP contribution is 2.54. The number of benzene rings is 18. The molecule has 0 fully saturated rings. The third kappa shape index (κ3) is 10.5. The smallest absolute Gasteiger partial charge is 0.537 e. The van der Waals surface area contributed by atoms with Crippen molar-refractivity contribution in [3.63, 3.8) is 0 Å². The van der Waals surface area contributed by atoms with Crippen LogP contribution in [0.2, 0.25) is 0 Å². The van der Waals surface area contributed by atoms with Crippen molar-refractivity contribution in [1.29, 1.82) is 0 Å². The Morgan fingerprint density at radius 2 is 0.549 bits per heavy atom. The molecule has 0 saturated heterocycles. The molecular formula is C98H69BBrO2. The van der Waals surface area contributed by atoms with Gasteiger partial charge >= 0.3 is 7.69 Å². The Kier molecular flexibility index (Phi) is 15.5. The maximum Gasteiger partial charge on any atom is 0.569 e. The number of hydrogen-bond acceptors (Lipinski definition) is 2. The van der Waals surface area contributed by atoms with Gasteiger partial charge in [-0.05, 0) is 241 Å². The van der Waals surface area contributed by atoms with E-state index in [0.29, 0.717) is 13.4 Å². The second-order valence-corrected chi connectivity index (χ2v) is 29.2. The van der Waals surface area contributed by atoms with Crippen LogP contribution in [0.25, 0.3) is 164 Å². The van der Waals surface area contributed by atoms with Gasteiger partial charge < -0.3 is 9.68 Å². The summed E-state index contributed by atoms with van der Waals surface area (Å²) >= 11 is 3.60. The van der Waals surface area contributed by atoms with E-state index in [1.807, 2.05) is 24.3 Å². The van der Waals surface area contributed by atoms with Crippen molar-refractivity contribution < 1.29 is 9.68 Å². The third-order valence-corrected chi connectivity index (χ3v) is 22.4. The quantitative estimate of drug-likeness (QED) is 0.127. The molecule has 4 heteroatoms. The largest absolute Gasteiger partial charge is 0.569 e. The van der Waals surface area contributed by atoms with E-state index in [1.54, 1.807) is 0 Å². The molecule has 0 unspecified atom stereocenters. The van der Waals surface area contributed by atoms with E-state index < -0.39 is 0 Å². The van der Waals surface area contributed by atoms with Crippen molar-refractivity contribution in [2.75, 3.05) is 0 Å². The molecule has 1 radical (unpaired) electrons. The van der Waals surface area contributed by atoms with Crippen molar-refractivity contribution in [2.24, 2.45) is 0 Å². The van der Waals surface area contributed by atoms with Gasteiger partial charge in [-0.25, -0.2) is 0 Å². The molecule has 2 aliphatic carbocycles. The minimum atomic E-state index is -0.0304. The summed E-state index contributed by atoms with van der Waals surface area (Å²) in [7, 11) is 0.707. The molecule has 0 heterocycles. The zero-order valence-electron chi connectivity index (χ0n) is 57.1. The lowest BCUT2D eigenvalue weighted by molar-refractivity contribution is 0.454. The topological polar surface area (TPSA) is 29.5 Å². The first-order chi connectivity index (χ1) is 50.0. The highest BCUT2D eigenvalue weighted by Gasteiger charge is 2.37. The summed E-state index contributed by atoms with van der Waals surface area (Å²) in [5.41, 5.74) is 23.6. The summed E-state index contributed by atoms with van der Waals surface area (Å²) in [6.45, 7) is 9.36. The Hall–Kier alpha value is -11.7. The molecule has 2 aliphatic rings. The number of rotatable bonds is 7. The first kappa shape index (κ1) is 62.6. The maximum absolute atomic E-state index is 8.96. The molecule has 20 rings (SSSR count). The highest BCUT2D eigenvalue weighted by atomic mass is 79.9. The van der Waals surface area contributed by atoms with Gasteiger partial charge in [0.25, 0.3) is 0 Å². The summed E-state index contributed by atoms with van der Waals surface area (Å²) in [5, 5.41) is 29.2. The summed E-state index contributed by atoms with van der Waals surface area (Å²) in [5.74, 6) is 0.599. The predicted molar refractivity (Wildman–Crippen MR) is 438 cm³/mol. The Labute approximate surface area is 603 Å². The fourth-order valence-electron chi connectivity index (χ4n) is 17.0. The predicted octanol–water partition coefficient (Wildman–Crippen LogP) is 26.9. The standard InChI is InChI=1S/C49H34.C30H20BO2.C19H15Br/c1-49(2)45-27-26-36(29-43(45)44-28-34-13-3-4-14-35(34)30-46(44)49)31-22-24-33(25-23-31)47-39-17-7-9-19-41(39)48(42-20-10-8-18-40(42)47)38-21-11-15-32-12-5-6-16-37(32)38;32-31-33-22-18-16-21(17-19-22)29-25-11-3-5-13-27(25)30(28-14-6-4-12-26(28)29)24-15-7-9-20-8-1-2-10-23(20)24;1-19(2)17-8-7-14(20)11-16(17)15-9-12-5-3-4-6-13(12)10-18(15)19/h3-30H,1-2H3;1-19,32H;3-11H,1-2H3. The second kappa shape index (κ2) is 25.2. The van der Waals surface area contributed by atoms with Crippen LogP contribution in [0.5, 0.6) is 5.75 Å². The molecule has 1 N–H and O–H groups in total. The fourth-order valence-corrected chi connectivity index (χ4v) is 17.3. The number of fused-ring (bicyclic) bond motifs is 14. The molecule has 0 spiro atoms. The van der Waals surface area contributed by atoms with Crippen molar-refractivity contribution in [3.8, 4) is 83.6 Å². The van der Waals surface area contributed by atoms with Crippen LogP contribution in [0, 0.1) is 0 Å². The van der Waals surface area contributed by atoms with Gasteiger partial charge in [0.1, 0.15) is 5.75 Å². The van der Waals surface area contributed by atoms with Crippen LogP contribution >= 0.6 is 15.9 Å². The first-order valence-electron chi connectivity index (χ1n) is 35.2. The van der Waals surface area contributed by atoms with E-state index in [4.69, 9.17) is 9.68 Å². The average molecular weight is 1370 g/mol. The lowest BCUT2D eigenvalue weighted by Crippen LogP contribution is -2.14. The minimum Gasteiger partial charge on any atom is -0.537 e. The molecule has 102 heavy (non-hydrogen) atoms. The van der Waals surface area contributed by atoms with Crippen molar-refractivity contribution in [3.05, 3.63) is 366 Å². The molecule has 18 aromatic carbocycles. The van der Waals surface area contributed by atoms with Crippen molar-refractivity contribution in [1.82, 2.24) is 0 Å². The van der Waals surface area contributed by atoms with Gasteiger partial charge in [0.05, 0.1) is 0 Å². The normalized spacial score (nSPS) is 13.0. The fraction of sp³-hybridized carbons (Fsp3) is 0.0612. The Balaban J connectivity index is 0.000000121. The second-order valence-electron chi connectivity index (χ2n) is 28.3. The average Bonchev–Trinajstić information content (AvgIpc) is 1.73. The molecule has 0 atom stereocenters. The van der Waals surface area contributed by atoms with E-state index in [9.17, 15) is 0 Å². The highest BCUT2D eigenvalue weighted by molar-refractivity contribution is 9.10. The molecule has 0 aliphatic heterocycles. The first-order valence-corrected chi connectivity index (χ1v) is 36.0. The van der Waals surface area contributed by atoms with Crippen LogP contribution in [0.4, 0.5) is 0 Å². The Morgan fingerprint density at radius 3 is 0.961 bits per heavy atom. The van der Waals surface area contributed by atoms with Gasteiger partial charge in [0, 0.05) is 15.3 Å². The summed E-state index contributed by atoms with van der Waals surface area (Å²) in [6.07, 6.45) is 0. The third-order valence-electron chi connectivity index (χ3n) is 21.9. The van der Waals surface area contributed by atoms with Crippen molar-refractivity contribution >= 4 is 110 Å². The van der Waals surface area contributed by atoms with E-state index in [1.165, 1.54) is 181 Å². The van der Waals surface area contributed by atoms with Crippen LogP contribution in [0.1, 0.15) is 49.9 Å². The van der Waals surface area contributed by atoms with Crippen molar-refractivity contribution in [2.45, 2.75) is 38.5 Å². The van der Waals surface area contributed by atoms with Gasteiger partial charge in [-0.2, -0.15) is 0 Å². The Bertz CT molecular complexity index is 6280. The zero-order valence-corrected chi connectivity index (χ0v) is 58.7. The Morgan fingerprint density at radius 1 is 0.245 bits per heavy atom. The molecule has 483 valence electrons. The summed E-state index contributed by atoms with van der Waals surface area (Å²) < 4.78 is 6.27. The summed E-state index contributed by atoms with van der Waals surface area (Å²) in [6, 6.07) is 123. The van der Waals surface area contributed by atoms with Crippen LogP contribution < -0.4 is 4.65 Å². The zero-order chi connectivity index (χ0) is 68.8. The molecule has 0 saturated carbocycles. The lowest BCUT2D eigenvalue weighted by Gasteiger charge is -2.22. The number of halogens is 1. The van der Waals surface area contributed by atoms with Crippen LogP contribution in [-0.2, 0) is 10.8 Å². The number of hydrogen-bond donors (Lipinski definition) is 1. The minimum absolute atomic E-state index is 0.0304. The molecule has 0 amide bonds. The molecule has 2 nitrogen and oxygen atoms in total. The summed E-state index contributed by atoms with van der Waals surface area (Å²) in [4.78, 5) is 0. The van der Waals surface area contributed by atoms with Gasteiger partial charge in [-0.3, -0.25) is 0 Å². The van der Waals surface area contributed by atoms with E-state index >= 15 is 0 Å².